The van der Waals surface area contributed by atoms with Gasteiger partial charge in [-0.1, -0.05) is 33.1 Å². The van der Waals surface area contributed by atoms with Crippen LogP contribution in [0.3, 0.4) is 0 Å². The second kappa shape index (κ2) is 8.48. The van der Waals surface area contributed by atoms with Gasteiger partial charge in [0, 0.05) is 13.2 Å². The monoisotopic (exact) mass is 257 g/mol. The van der Waals surface area contributed by atoms with Gasteiger partial charge < -0.3 is 15.2 Å². The molecule has 4 nitrogen and oxygen atoms in total. The third-order valence-corrected chi connectivity index (χ3v) is 3.51. The summed E-state index contributed by atoms with van der Waals surface area (Å²) in [6.45, 7) is 4.49. The number of aliphatic hydroxyl groups is 1. The van der Waals surface area contributed by atoms with E-state index in [0.29, 0.717) is 13.0 Å². The minimum atomic E-state index is -0.334. The molecule has 0 aromatic rings. The van der Waals surface area contributed by atoms with Crippen LogP contribution >= 0.6 is 0 Å². The first-order valence-electron chi connectivity index (χ1n) is 7.21. The zero-order valence-electron chi connectivity index (χ0n) is 11.7. The van der Waals surface area contributed by atoms with Crippen molar-refractivity contribution in [1.82, 2.24) is 5.32 Å². The maximum Gasteiger partial charge on any atom is 0.249 e. The zero-order chi connectivity index (χ0) is 13.4. The molecule has 1 fully saturated rings. The first-order chi connectivity index (χ1) is 8.67. The molecule has 106 valence electrons. The standard InChI is InChI=1S/C14H27NO3/c1-3-13(14(17)15-9-11(2)10-16)18-12-7-5-4-6-8-12/h11-13,16H,3-10H2,1-2H3,(H,15,17). The molecule has 1 rings (SSSR count). The first-order valence-corrected chi connectivity index (χ1v) is 7.21. The molecule has 4 heteroatoms. The van der Waals surface area contributed by atoms with E-state index in [4.69, 9.17) is 9.84 Å². The summed E-state index contributed by atoms with van der Waals surface area (Å²) in [5, 5.41) is 11.8. The van der Waals surface area contributed by atoms with E-state index < -0.39 is 0 Å². The molecule has 0 saturated heterocycles. The van der Waals surface area contributed by atoms with Crippen LogP contribution in [0, 0.1) is 5.92 Å². The van der Waals surface area contributed by atoms with Crippen LogP contribution in [0.25, 0.3) is 0 Å². The Balaban J connectivity index is 2.32. The van der Waals surface area contributed by atoms with Crippen LogP contribution in [0.4, 0.5) is 0 Å². The van der Waals surface area contributed by atoms with E-state index in [2.05, 4.69) is 5.32 Å². The lowest BCUT2D eigenvalue weighted by molar-refractivity contribution is -0.138. The highest BCUT2D eigenvalue weighted by atomic mass is 16.5. The molecule has 18 heavy (non-hydrogen) atoms. The Bertz CT molecular complexity index is 239. The maximum absolute atomic E-state index is 12.0. The van der Waals surface area contributed by atoms with Gasteiger partial charge in [-0.2, -0.15) is 0 Å². The summed E-state index contributed by atoms with van der Waals surface area (Å²) in [4.78, 5) is 12.0. The van der Waals surface area contributed by atoms with E-state index in [9.17, 15) is 4.79 Å². The van der Waals surface area contributed by atoms with E-state index in [0.717, 1.165) is 12.8 Å². The third kappa shape index (κ3) is 5.36. The highest BCUT2D eigenvalue weighted by Crippen LogP contribution is 2.22. The van der Waals surface area contributed by atoms with Crippen LogP contribution in [0.15, 0.2) is 0 Å². The number of hydrogen-bond donors (Lipinski definition) is 2. The molecule has 0 radical (unpaired) electrons. The molecule has 2 atom stereocenters. The lowest BCUT2D eigenvalue weighted by Gasteiger charge is -2.26. The summed E-state index contributed by atoms with van der Waals surface area (Å²) in [6.07, 6.45) is 6.50. The molecule has 0 heterocycles. The summed E-state index contributed by atoms with van der Waals surface area (Å²) in [6, 6.07) is 0. The van der Waals surface area contributed by atoms with Crippen LogP contribution in [-0.4, -0.2) is 36.4 Å². The first kappa shape index (κ1) is 15.4. The summed E-state index contributed by atoms with van der Waals surface area (Å²) >= 11 is 0. The van der Waals surface area contributed by atoms with Gasteiger partial charge in [0.05, 0.1) is 6.10 Å². The van der Waals surface area contributed by atoms with Crippen molar-refractivity contribution in [3.63, 3.8) is 0 Å². The van der Waals surface area contributed by atoms with E-state index in [1.165, 1.54) is 19.3 Å². The van der Waals surface area contributed by atoms with Crippen LogP contribution in [0.2, 0.25) is 0 Å². The number of rotatable bonds is 7. The van der Waals surface area contributed by atoms with E-state index in [1.807, 2.05) is 13.8 Å². The Morgan fingerprint density at radius 2 is 2.06 bits per heavy atom. The molecule has 0 bridgehead atoms. The number of carbonyl (C=O) groups excluding carboxylic acids is 1. The molecular formula is C14H27NO3. The van der Waals surface area contributed by atoms with Crippen molar-refractivity contribution in [3.05, 3.63) is 0 Å². The Hall–Kier alpha value is -0.610. The molecule has 2 N–H and O–H groups in total. The topological polar surface area (TPSA) is 58.6 Å². The molecule has 1 aliphatic rings. The van der Waals surface area contributed by atoms with Crippen molar-refractivity contribution in [1.29, 1.82) is 0 Å². The third-order valence-electron chi connectivity index (χ3n) is 3.51. The average Bonchev–Trinajstić information content (AvgIpc) is 2.42. The van der Waals surface area contributed by atoms with Crippen molar-refractivity contribution in [2.75, 3.05) is 13.2 Å². The van der Waals surface area contributed by atoms with Crippen molar-refractivity contribution in [2.45, 2.75) is 64.6 Å². The Labute approximate surface area is 110 Å². The van der Waals surface area contributed by atoms with E-state index >= 15 is 0 Å². The highest BCUT2D eigenvalue weighted by molar-refractivity contribution is 5.80. The molecule has 0 aromatic heterocycles. The number of ether oxygens (including phenoxy) is 1. The highest BCUT2D eigenvalue weighted by Gasteiger charge is 2.23. The number of carbonyl (C=O) groups is 1. The van der Waals surface area contributed by atoms with Gasteiger partial charge in [-0.05, 0) is 25.2 Å². The summed E-state index contributed by atoms with van der Waals surface area (Å²) in [5.74, 6) is 0.0597. The Kier molecular flexibility index (Phi) is 7.28. The minimum Gasteiger partial charge on any atom is -0.396 e. The van der Waals surface area contributed by atoms with E-state index in [1.54, 1.807) is 0 Å². The summed E-state index contributed by atoms with van der Waals surface area (Å²) in [7, 11) is 0. The van der Waals surface area contributed by atoms with Crippen molar-refractivity contribution in [3.8, 4) is 0 Å². The van der Waals surface area contributed by atoms with Gasteiger partial charge in [0.2, 0.25) is 5.91 Å². The minimum absolute atomic E-state index is 0.0385. The second-order valence-electron chi connectivity index (χ2n) is 5.33. The van der Waals surface area contributed by atoms with Gasteiger partial charge in [-0.15, -0.1) is 0 Å². The summed E-state index contributed by atoms with van der Waals surface area (Å²) in [5.41, 5.74) is 0. The molecule has 0 aliphatic heterocycles. The predicted molar refractivity (Wildman–Crippen MR) is 71.3 cm³/mol. The number of hydrogen-bond acceptors (Lipinski definition) is 3. The van der Waals surface area contributed by atoms with Gasteiger partial charge in [-0.25, -0.2) is 0 Å². The molecule has 2 unspecified atom stereocenters. The fourth-order valence-electron chi connectivity index (χ4n) is 2.23. The van der Waals surface area contributed by atoms with Crippen LogP contribution in [0.1, 0.15) is 52.4 Å². The zero-order valence-corrected chi connectivity index (χ0v) is 11.7. The average molecular weight is 257 g/mol. The number of aliphatic hydroxyl groups excluding tert-OH is 1. The SMILES string of the molecule is CCC(OC1CCCCC1)C(=O)NCC(C)CO. The summed E-state index contributed by atoms with van der Waals surface area (Å²) < 4.78 is 5.89. The van der Waals surface area contributed by atoms with E-state index in [-0.39, 0.29) is 30.6 Å². The maximum atomic E-state index is 12.0. The van der Waals surface area contributed by atoms with Gasteiger partial charge in [0.1, 0.15) is 6.10 Å². The van der Waals surface area contributed by atoms with Crippen LogP contribution in [0.5, 0.6) is 0 Å². The molecule has 1 amide bonds. The van der Waals surface area contributed by atoms with Gasteiger partial charge in [0.15, 0.2) is 0 Å². The quantitative estimate of drug-likeness (QED) is 0.732. The van der Waals surface area contributed by atoms with Crippen LogP contribution in [-0.2, 0) is 9.53 Å². The Morgan fingerprint density at radius 1 is 1.39 bits per heavy atom. The molecule has 0 spiro atoms. The van der Waals surface area contributed by atoms with Gasteiger partial charge in [-0.3, -0.25) is 4.79 Å². The largest absolute Gasteiger partial charge is 0.396 e. The lowest BCUT2D eigenvalue weighted by Crippen LogP contribution is -2.40. The smallest absolute Gasteiger partial charge is 0.249 e. The van der Waals surface area contributed by atoms with Crippen LogP contribution < -0.4 is 5.32 Å². The second-order valence-corrected chi connectivity index (χ2v) is 5.33. The predicted octanol–water partition coefficient (Wildman–Crippen LogP) is 1.86. The Morgan fingerprint density at radius 3 is 2.61 bits per heavy atom. The lowest BCUT2D eigenvalue weighted by atomic mass is 9.97. The van der Waals surface area contributed by atoms with Crippen molar-refractivity contribution < 1.29 is 14.6 Å². The normalized spacial score (nSPS) is 20.4. The number of amides is 1. The van der Waals surface area contributed by atoms with Crippen molar-refractivity contribution in [2.24, 2.45) is 5.92 Å². The van der Waals surface area contributed by atoms with Gasteiger partial charge >= 0.3 is 0 Å². The molecular weight excluding hydrogens is 230 g/mol. The van der Waals surface area contributed by atoms with Crippen molar-refractivity contribution >= 4 is 5.91 Å². The molecule has 1 aliphatic carbocycles. The number of nitrogens with one attached hydrogen (secondary N) is 1. The molecule has 1 saturated carbocycles. The fourth-order valence-corrected chi connectivity index (χ4v) is 2.23. The molecule has 0 aromatic carbocycles. The fraction of sp³-hybridized carbons (Fsp3) is 0.929. The van der Waals surface area contributed by atoms with Gasteiger partial charge in [0.25, 0.3) is 0 Å².